The van der Waals surface area contributed by atoms with E-state index in [9.17, 15) is 20.1 Å². The first-order chi connectivity index (χ1) is 17.5. The second kappa shape index (κ2) is 8.79. The molecule has 0 atom stereocenters. The minimum absolute atomic E-state index is 0.0350. The summed E-state index contributed by atoms with van der Waals surface area (Å²) in [5.74, 6) is -4.00. The summed E-state index contributed by atoms with van der Waals surface area (Å²) in [5, 5.41) is 24.4. The summed E-state index contributed by atoms with van der Waals surface area (Å²) in [4.78, 5) is 26.4. The summed E-state index contributed by atoms with van der Waals surface area (Å²) >= 11 is 0. The monoisotopic (exact) mass is 476 g/mol. The van der Waals surface area contributed by atoms with E-state index in [1.165, 1.54) is 48.5 Å². The van der Waals surface area contributed by atoms with Crippen LogP contribution in [0.2, 0.25) is 0 Å². The molecule has 1 aliphatic rings. The topological polar surface area (TPSA) is 106 Å². The summed E-state index contributed by atoms with van der Waals surface area (Å²) in [6.07, 6.45) is 0. The molecule has 36 heavy (non-hydrogen) atoms. The molecule has 0 unspecified atom stereocenters. The minimum atomic E-state index is -1.16. The summed E-state index contributed by atoms with van der Waals surface area (Å²) in [5.41, 5.74) is -1.84. The summed E-state index contributed by atoms with van der Waals surface area (Å²) < 4.78 is 32.3. The molecule has 1 aliphatic carbocycles. The van der Waals surface area contributed by atoms with Crippen LogP contribution in [0.3, 0.4) is 0 Å². The smallest absolute Gasteiger partial charge is 0.197 e. The third kappa shape index (κ3) is 3.46. The van der Waals surface area contributed by atoms with Crippen LogP contribution in [0.5, 0.6) is 0 Å². The quantitative estimate of drug-likeness (QED) is 0.331. The zero-order valence-electron chi connectivity index (χ0n) is 18.4. The average molecular weight is 476 g/mol. The van der Waals surface area contributed by atoms with E-state index in [1.807, 2.05) is 12.1 Å². The molecule has 0 bridgehead atoms. The van der Waals surface area contributed by atoms with Crippen LogP contribution in [0.1, 0.15) is 43.0 Å². The number of hydrogen-bond acceptors (Lipinski definition) is 6. The van der Waals surface area contributed by atoms with E-state index in [-0.39, 0.29) is 33.6 Å². The van der Waals surface area contributed by atoms with E-state index < -0.39 is 45.7 Å². The predicted octanol–water partition coefficient (Wildman–Crippen LogP) is 5.97. The van der Waals surface area contributed by atoms with Gasteiger partial charge in [-0.2, -0.15) is 10.5 Å². The lowest BCUT2D eigenvalue weighted by Gasteiger charge is -2.24. The fourth-order valence-corrected chi connectivity index (χ4v) is 4.15. The van der Waals surface area contributed by atoms with Gasteiger partial charge >= 0.3 is 0 Å². The first kappa shape index (κ1) is 22.5. The second-order valence-corrected chi connectivity index (χ2v) is 7.90. The van der Waals surface area contributed by atoms with Crippen LogP contribution in [0.15, 0.2) is 72.8 Å². The highest BCUT2D eigenvalue weighted by Crippen LogP contribution is 2.42. The Morgan fingerprint density at radius 1 is 0.583 bits per heavy atom. The van der Waals surface area contributed by atoms with Crippen molar-refractivity contribution in [1.82, 2.24) is 0 Å². The van der Waals surface area contributed by atoms with Crippen LogP contribution in [0.4, 0.5) is 31.5 Å². The molecule has 6 nitrogen and oxygen atoms in total. The van der Waals surface area contributed by atoms with Gasteiger partial charge in [-0.25, -0.2) is 8.78 Å². The number of carbonyl (C=O) groups excluding carboxylic acids is 2. The van der Waals surface area contributed by atoms with Crippen molar-refractivity contribution in [2.45, 2.75) is 0 Å². The molecule has 8 heteroatoms. The number of nitrogens with zero attached hydrogens (tertiary/aromatic N) is 2. The van der Waals surface area contributed by atoms with Crippen molar-refractivity contribution in [1.29, 1.82) is 10.5 Å². The molecule has 0 saturated heterocycles. The van der Waals surface area contributed by atoms with Crippen molar-refractivity contribution in [3.63, 3.8) is 0 Å². The van der Waals surface area contributed by atoms with Gasteiger partial charge in [-0.3, -0.25) is 9.59 Å². The SMILES string of the molecule is N#Cc1ccccc1Nc1c(F)c2c(c(F)c1Nc1ccccc1C#N)C(=O)c1ccccc1C2=O. The maximum Gasteiger partial charge on any atom is 0.197 e. The number of para-hydroxylation sites is 2. The Labute approximate surface area is 204 Å². The number of fused-ring (bicyclic) bond motifs is 2. The van der Waals surface area contributed by atoms with Crippen LogP contribution in [0.25, 0.3) is 0 Å². The van der Waals surface area contributed by atoms with E-state index in [2.05, 4.69) is 10.6 Å². The lowest BCUT2D eigenvalue weighted by atomic mass is 9.82. The van der Waals surface area contributed by atoms with Gasteiger partial charge < -0.3 is 10.6 Å². The van der Waals surface area contributed by atoms with Gasteiger partial charge in [0.15, 0.2) is 23.2 Å². The Morgan fingerprint density at radius 3 is 1.33 bits per heavy atom. The van der Waals surface area contributed by atoms with Gasteiger partial charge in [0.25, 0.3) is 0 Å². The summed E-state index contributed by atoms with van der Waals surface area (Å²) in [6.45, 7) is 0. The number of benzene rings is 4. The van der Waals surface area contributed by atoms with Crippen LogP contribution in [-0.4, -0.2) is 11.6 Å². The maximum atomic E-state index is 16.1. The lowest BCUT2D eigenvalue weighted by Crippen LogP contribution is -2.25. The number of nitriles is 2. The summed E-state index contributed by atoms with van der Waals surface area (Å²) in [7, 11) is 0. The molecular formula is C28H14F2N4O2. The zero-order chi connectivity index (χ0) is 25.4. The van der Waals surface area contributed by atoms with Gasteiger partial charge in [0.05, 0.1) is 33.6 Å². The van der Waals surface area contributed by atoms with E-state index >= 15 is 8.78 Å². The highest BCUT2D eigenvalue weighted by atomic mass is 19.1. The molecular weight excluding hydrogens is 462 g/mol. The molecule has 0 saturated carbocycles. The molecule has 0 aromatic heterocycles. The van der Waals surface area contributed by atoms with Crippen LogP contribution >= 0.6 is 0 Å². The maximum absolute atomic E-state index is 16.1. The minimum Gasteiger partial charge on any atom is -0.350 e. The molecule has 4 aromatic carbocycles. The molecule has 0 heterocycles. The largest absolute Gasteiger partial charge is 0.350 e. The van der Waals surface area contributed by atoms with Crippen molar-refractivity contribution in [3.05, 3.63) is 118 Å². The van der Waals surface area contributed by atoms with Crippen LogP contribution < -0.4 is 10.6 Å². The lowest BCUT2D eigenvalue weighted by molar-refractivity contribution is 0.0972. The molecule has 4 aromatic rings. The highest BCUT2D eigenvalue weighted by Gasteiger charge is 2.38. The molecule has 0 aliphatic heterocycles. The van der Waals surface area contributed by atoms with Gasteiger partial charge in [0, 0.05) is 11.1 Å². The molecule has 0 spiro atoms. The first-order valence-corrected chi connectivity index (χ1v) is 10.7. The number of nitrogens with one attached hydrogen (secondary N) is 2. The average Bonchev–Trinajstić information content (AvgIpc) is 2.91. The Kier molecular flexibility index (Phi) is 5.48. The zero-order valence-corrected chi connectivity index (χ0v) is 18.4. The predicted molar refractivity (Wildman–Crippen MR) is 129 cm³/mol. The number of ketones is 2. The van der Waals surface area contributed by atoms with Crippen molar-refractivity contribution >= 4 is 34.3 Å². The van der Waals surface area contributed by atoms with Crippen LogP contribution in [-0.2, 0) is 0 Å². The van der Waals surface area contributed by atoms with Gasteiger partial charge in [-0.1, -0.05) is 48.5 Å². The third-order valence-electron chi connectivity index (χ3n) is 5.86. The third-order valence-corrected chi connectivity index (χ3v) is 5.86. The normalized spacial score (nSPS) is 11.7. The Hall–Kier alpha value is -5.34. The molecule has 0 radical (unpaired) electrons. The van der Waals surface area contributed by atoms with Gasteiger partial charge in [-0.05, 0) is 24.3 Å². The van der Waals surface area contributed by atoms with Crippen molar-refractivity contribution in [2.24, 2.45) is 0 Å². The van der Waals surface area contributed by atoms with Gasteiger partial charge in [-0.15, -0.1) is 0 Å². The fraction of sp³-hybridized carbons (Fsp3) is 0. The van der Waals surface area contributed by atoms with Gasteiger partial charge in [0.2, 0.25) is 0 Å². The molecule has 2 N–H and O–H groups in total. The molecule has 0 amide bonds. The van der Waals surface area contributed by atoms with Crippen LogP contribution in [0, 0.1) is 34.3 Å². The number of carbonyl (C=O) groups is 2. The second-order valence-electron chi connectivity index (χ2n) is 7.90. The van der Waals surface area contributed by atoms with Crippen molar-refractivity contribution < 1.29 is 18.4 Å². The molecule has 172 valence electrons. The Morgan fingerprint density at radius 2 is 0.944 bits per heavy atom. The van der Waals surface area contributed by atoms with E-state index in [1.54, 1.807) is 24.3 Å². The van der Waals surface area contributed by atoms with Crippen molar-refractivity contribution in [3.8, 4) is 12.1 Å². The van der Waals surface area contributed by atoms with E-state index in [4.69, 9.17) is 0 Å². The van der Waals surface area contributed by atoms with Crippen molar-refractivity contribution in [2.75, 3.05) is 10.6 Å². The van der Waals surface area contributed by atoms with E-state index in [0.29, 0.717) is 0 Å². The van der Waals surface area contributed by atoms with Gasteiger partial charge in [0.1, 0.15) is 23.5 Å². The summed E-state index contributed by atoms with van der Waals surface area (Å²) in [6, 6.07) is 22.1. The molecule has 0 fully saturated rings. The first-order valence-electron chi connectivity index (χ1n) is 10.7. The molecule has 5 rings (SSSR count). The number of rotatable bonds is 4. The highest BCUT2D eigenvalue weighted by molar-refractivity contribution is 6.29. The Bertz CT molecular complexity index is 1560. The number of anilines is 4. The number of halogens is 2. The standard InChI is InChI=1S/C28H14F2N4O2/c29-23-21-22(28(36)18-10-4-3-9-17(18)27(21)35)24(30)26(34-20-12-6-2-8-16(20)14-32)25(23)33-19-11-5-1-7-15(19)13-31/h1-12,33-34H. The fourth-order valence-electron chi connectivity index (χ4n) is 4.15. The Balaban J connectivity index is 1.80. The number of hydrogen-bond donors (Lipinski definition) is 2. The van der Waals surface area contributed by atoms with E-state index in [0.717, 1.165) is 0 Å².